The van der Waals surface area contributed by atoms with Gasteiger partial charge in [0.25, 0.3) is 0 Å². The minimum atomic E-state index is 0.881. The maximum absolute atomic E-state index is 5.31. The van der Waals surface area contributed by atoms with Gasteiger partial charge in [-0.2, -0.15) is 0 Å². The molecule has 0 saturated heterocycles. The normalized spacial score (nSPS) is 16.1. The van der Waals surface area contributed by atoms with Crippen LogP contribution in [-0.2, 0) is 19.5 Å². The van der Waals surface area contributed by atoms with Crippen molar-refractivity contribution in [3.8, 4) is 17.0 Å². The van der Waals surface area contributed by atoms with Crippen LogP contribution in [0.3, 0.4) is 0 Å². The molecule has 1 aliphatic heterocycles. The highest BCUT2D eigenvalue weighted by Crippen LogP contribution is 2.38. The van der Waals surface area contributed by atoms with Crippen LogP contribution in [0.4, 0.5) is 0 Å². The molecule has 1 aromatic heterocycles. The third kappa shape index (κ3) is 1.26. The zero-order chi connectivity index (χ0) is 12.1. The van der Waals surface area contributed by atoms with Crippen molar-refractivity contribution < 1.29 is 4.74 Å². The molecule has 1 N–H and O–H groups in total. The monoisotopic (exact) mass is 241 g/mol. The molecule has 0 bridgehead atoms. The lowest BCUT2D eigenvalue weighted by molar-refractivity contribution is 0.415. The summed E-state index contributed by atoms with van der Waals surface area (Å²) < 4.78 is 7.68. The predicted octanol–water partition coefficient (Wildman–Crippen LogP) is 1.57. The summed E-state index contributed by atoms with van der Waals surface area (Å²) in [6.45, 7) is 2.95. The lowest BCUT2D eigenvalue weighted by atomic mass is 10.1. The highest BCUT2D eigenvalue weighted by molar-refractivity contribution is 5.74. The van der Waals surface area contributed by atoms with E-state index in [-0.39, 0.29) is 0 Å². The molecule has 0 atom stereocenters. The molecule has 4 heteroatoms. The van der Waals surface area contributed by atoms with Crippen molar-refractivity contribution >= 4 is 0 Å². The van der Waals surface area contributed by atoms with Crippen molar-refractivity contribution in [1.29, 1.82) is 0 Å². The third-order valence-corrected chi connectivity index (χ3v) is 3.88. The van der Waals surface area contributed by atoms with E-state index in [0.717, 1.165) is 37.5 Å². The topological polar surface area (TPSA) is 39.1 Å². The fraction of sp³-hybridized carbons (Fsp3) is 0.357. The first-order valence-electron chi connectivity index (χ1n) is 6.33. The van der Waals surface area contributed by atoms with Crippen molar-refractivity contribution in [2.24, 2.45) is 0 Å². The van der Waals surface area contributed by atoms with Crippen LogP contribution >= 0.6 is 0 Å². The number of nitrogens with one attached hydrogen (secondary N) is 1. The van der Waals surface area contributed by atoms with Gasteiger partial charge >= 0.3 is 0 Å². The van der Waals surface area contributed by atoms with Crippen LogP contribution in [-0.4, -0.2) is 23.2 Å². The van der Waals surface area contributed by atoms with Gasteiger partial charge in [-0.15, -0.1) is 0 Å². The molecule has 0 radical (unpaired) electrons. The summed E-state index contributed by atoms with van der Waals surface area (Å²) in [6.07, 6.45) is 1.00. The Morgan fingerprint density at radius 2 is 2.33 bits per heavy atom. The molecule has 2 aliphatic rings. The second-order valence-electron chi connectivity index (χ2n) is 4.85. The Morgan fingerprint density at radius 3 is 3.22 bits per heavy atom. The smallest absolute Gasteiger partial charge is 0.123 e. The van der Waals surface area contributed by atoms with Crippen molar-refractivity contribution in [3.05, 3.63) is 35.3 Å². The van der Waals surface area contributed by atoms with Crippen LogP contribution in [0.15, 0.2) is 18.2 Å². The van der Waals surface area contributed by atoms with E-state index in [1.807, 2.05) is 6.07 Å². The summed E-state index contributed by atoms with van der Waals surface area (Å²) in [5, 5.41) is 3.37. The lowest BCUT2D eigenvalue weighted by Crippen LogP contribution is -2.29. The minimum Gasteiger partial charge on any atom is -0.497 e. The molecule has 1 aliphatic carbocycles. The molecule has 0 amide bonds. The van der Waals surface area contributed by atoms with Gasteiger partial charge in [0.1, 0.15) is 11.6 Å². The number of nitrogens with zero attached hydrogens (tertiary/aromatic N) is 2. The predicted molar refractivity (Wildman–Crippen MR) is 68.7 cm³/mol. The lowest BCUT2D eigenvalue weighted by Gasteiger charge is -2.16. The van der Waals surface area contributed by atoms with Gasteiger partial charge in [0.05, 0.1) is 19.3 Å². The van der Waals surface area contributed by atoms with E-state index in [4.69, 9.17) is 9.72 Å². The summed E-state index contributed by atoms with van der Waals surface area (Å²) in [6, 6.07) is 6.29. The fourth-order valence-corrected chi connectivity index (χ4v) is 2.96. The van der Waals surface area contributed by atoms with E-state index in [9.17, 15) is 0 Å². The fourth-order valence-electron chi connectivity index (χ4n) is 2.96. The number of hydrogen-bond donors (Lipinski definition) is 1. The van der Waals surface area contributed by atoms with Gasteiger partial charge in [0, 0.05) is 30.8 Å². The van der Waals surface area contributed by atoms with Crippen molar-refractivity contribution in [3.63, 3.8) is 0 Å². The molecule has 4 rings (SSSR count). The number of imidazole rings is 1. The van der Waals surface area contributed by atoms with Gasteiger partial charge in [-0.05, 0) is 17.7 Å². The standard InChI is InChI=1S/C14H15N3O/c1-18-10-3-2-9-6-12-14(11(9)7-10)16-13-8-15-4-5-17(12)13/h2-3,7,15H,4-6,8H2,1H3. The molecule has 4 nitrogen and oxygen atoms in total. The number of aromatic nitrogens is 2. The number of rotatable bonds is 1. The summed E-state index contributed by atoms with van der Waals surface area (Å²) >= 11 is 0. The molecule has 0 saturated carbocycles. The molecule has 2 heterocycles. The Kier molecular flexibility index (Phi) is 2.02. The number of ether oxygens (including phenoxy) is 1. The second kappa shape index (κ2) is 3.59. The van der Waals surface area contributed by atoms with Gasteiger partial charge in [0.15, 0.2) is 0 Å². The molecule has 0 unspecified atom stereocenters. The Labute approximate surface area is 106 Å². The first kappa shape index (κ1) is 10.1. The Hall–Kier alpha value is -1.81. The SMILES string of the molecule is COc1ccc2c(c1)-c1nc3n(c1C2)CCNC3. The average molecular weight is 241 g/mol. The molecule has 1 aromatic carbocycles. The summed E-state index contributed by atoms with van der Waals surface area (Å²) in [5.74, 6) is 2.07. The van der Waals surface area contributed by atoms with E-state index < -0.39 is 0 Å². The molecular formula is C14H15N3O. The van der Waals surface area contributed by atoms with E-state index in [0.29, 0.717) is 0 Å². The van der Waals surface area contributed by atoms with Crippen molar-refractivity contribution in [2.45, 2.75) is 19.5 Å². The minimum absolute atomic E-state index is 0.881. The van der Waals surface area contributed by atoms with Gasteiger partial charge < -0.3 is 14.6 Å². The van der Waals surface area contributed by atoms with Gasteiger partial charge in [-0.1, -0.05) is 6.07 Å². The molecule has 92 valence electrons. The van der Waals surface area contributed by atoms with E-state index in [1.54, 1.807) is 7.11 Å². The first-order chi connectivity index (χ1) is 8.86. The van der Waals surface area contributed by atoms with E-state index >= 15 is 0 Å². The van der Waals surface area contributed by atoms with Crippen molar-refractivity contribution in [1.82, 2.24) is 14.9 Å². The maximum atomic E-state index is 5.31. The van der Waals surface area contributed by atoms with Crippen LogP contribution in [0.25, 0.3) is 11.3 Å². The largest absolute Gasteiger partial charge is 0.497 e. The second-order valence-corrected chi connectivity index (χ2v) is 4.85. The van der Waals surface area contributed by atoms with Crippen LogP contribution in [0.2, 0.25) is 0 Å². The number of fused-ring (bicyclic) bond motifs is 5. The highest BCUT2D eigenvalue weighted by atomic mass is 16.5. The first-order valence-corrected chi connectivity index (χ1v) is 6.33. The number of benzene rings is 1. The Balaban J connectivity index is 1.89. The Bertz CT molecular complexity index is 630. The Morgan fingerprint density at radius 1 is 1.39 bits per heavy atom. The number of methoxy groups -OCH3 is 1. The van der Waals surface area contributed by atoms with Crippen LogP contribution in [0, 0.1) is 0 Å². The highest BCUT2D eigenvalue weighted by Gasteiger charge is 2.27. The zero-order valence-corrected chi connectivity index (χ0v) is 10.4. The van der Waals surface area contributed by atoms with Crippen LogP contribution in [0.5, 0.6) is 5.75 Å². The molecule has 18 heavy (non-hydrogen) atoms. The quantitative estimate of drug-likeness (QED) is 0.703. The van der Waals surface area contributed by atoms with E-state index in [1.165, 1.54) is 22.6 Å². The average Bonchev–Trinajstić information content (AvgIpc) is 2.94. The van der Waals surface area contributed by atoms with E-state index in [2.05, 4.69) is 22.0 Å². The summed E-state index contributed by atoms with van der Waals surface area (Å²) in [7, 11) is 1.71. The number of hydrogen-bond acceptors (Lipinski definition) is 3. The molecule has 0 spiro atoms. The van der Waals surface area contributed by atoms with Crippen LogP contribution in [0.1, 0.15) is 17.1 Å². The van der Waals surface area contributed by atoms with Crippen LogP contribution < -0.4 is 10.1 Å². The van der Waals surface area contributed by atoms with Gasteiger partial charge in [-0.25, -0.2) is 4.98 Å². The summed E-state index contributed by atoms with van der Waals surface area (Å²) in [4.78, 5) is 4.79. The van der Waals surface area contributed by atoms with Gasteiger partial charge in [0.2, 0.25) is 0 Å². The van der Waals surface area contributed by atoms with Gasteiger partial charge in [-0.3, -0.25) is 0 Å². The molecule has 2 aromatic rings. The molecular weight excluding hydrogens is 226 g/mol. The zero-order valence-electron chi connectivity index (χ0n) is 10.4. The maximum Gasteiger partial charge on any atom is 0.123 e. The van der Waals surface area contributed by atoms with Crippen molar-refractivity contribution in [2.75, 3.05) is 13.7 Å². The third-order valence-electron chi connectivity index (χ3n) is 3.88. The molecule has 0 fully saturated rings. The summed E-state index contributed by atoms with van der Waals surface area (Å²) in [5.41, 5.74) is 5.13.